The summed E-state index contributed by atoms with van der Waals surface area (Å²) in [6.45, 7) is 4.39. The average Bonchev–Trinajstić information content (AvgIpc) is 2.83. The fraction of sp³-hybridized carbons (Fsp3) is 0.724. The highest BCUT2D eigenvalue weighted by Gasteiger charge is 2.13. The van der Waals surface area contributed by atoms with E-state index in [-0.39, 0.29) is 18.4 Å². The fourth-order valence-corrected chi connectivity index (χ4v) is 3.56. The standard InChI is InChI=1S/C29H52N2O3/c1-4-6-8-10-12-13-14-15-16-17-18-20-22-24-26-31(30-28(32)27-34-3)29(33)25-23-21-19-11-9-7-5-2/h12-13,15-16,24,26H,4-11,14,17-23,25,27H2,1-3H3,(H,30,32)/b13-12-,16-15-,26-24-. The highest BCUT2D eigenvalue weighted by molar-refractivity contribution is 5.83. The van der Waals surface area contributed by atoms with Gasteiger partial charge in [0.05, 0.1) is 0 Å². The van der Waals surface area contributed by atoms with Gasteiger partial charge in [-0.3, -0.25) is 15.0 Å². The van der Waals surface area contributed by atoms with Gasteiger partial charge in [-0.1, -0.05) is 95.6 Å². The first-order valence-corrected chi connectivity index (χ1v) is 13.7. The average molecular weight is 477 g/mol. The Morgan fingerprint density at radius 2 is 1.24 bits per heavy atom. The molecule has 0 aliphatic heterocycles. The number of ether oxygens (including phenoxy) is 1. The van der Waals surface area contributed by atoms with Gasteiger partial charge in [0.15, 0.2) is 0 Å². The molecule has 2 amide bonds. The van der Waals surface area contributed by atoms with Gasteiger partial charge in [0.1, 0.15) is 6.61 Å². The van der Waals surface area contributed by atoms with E-state index in [1.165, 1.54) is 69.9 Å². The summed E-state index contributed by atoms with van der Waals surface area (Å²) in [5.41, 5.74) is 2.65. The zero-order chi connectivity index (χ0) is 25.1. The molecule has 0 radical (unpaired) electrons. The number of hydrazine groups is 1. The first-order chi connectivity index (χ1) is 16.7. The molecule has 1 N–H and O–H groups in total. The molecule has 34 heavy (non-hydrogen) atoms. The first-order valence-electron chi connectivity index (χ1n) is 13.7. The molecule has 0 spiro atoms. The molecule has 0 aliphatic rings. The molecule has 196 valence electrons. The van der Waals surface area contributed by atoms with E-state index in [1.54, 1.807) is 6.20 Å². The lowest BCUT2D eigenvalue weighted by Crippen LogP contribution is -2.44. The number of carbonyl (C=O) groups excluding carboxylic acids is 2. The number of hydrogen-bond donors (Lipinski definition) is 1. The third kappa shape index (κ3) is 21.9. The van der Waals surface area contributed by atoms with Crippen LogP contribution in [0.5, 0.6) is 0 Å². The van der Waals surface area contributed by atoms with Crippen molar-refractivity contribution >= 4 is 11.8 Å². The maximum Gasteiger partial charge on any atom is 0.264 e. The van der Waals surface area contributed by atoms with Gasteiger partial charge in [-0.2, -0.15) is 0 Å². The van der Waals surface area contributed by atoms with E-state index >= 15 is 0 Å². The van der Waals surface area contributed by atoms with Gasteiger partial charge in [-0.05, 0) is 51.4 Å². The van der Waals surface area contributed by atoms with Crippen LogP contribution in [0.15, 0.2) is 36.6 Å². The summed E-state index contributed by atoms with van der Waals surface area (Å²) in [6.07, 6.45) is 31.5. The van der Waals surface area contributed by atoms with Gasteiger partial charge in [-0.15, -0.1) is 0 Å². The maximum absolute atomic E-state index is 12.6. The zero-order valence-corrected chi connectivity index (χ0v) is 22.4. The second kappa shape index (κ2) is 25.7. The van der Waals surface area contributed by atoms with E-state index in [1.807, 2.05) is 6.08 Å². The van der Waals surface area contributed by atoms with E-state index in [0.717, 1.165) is 44.9 Å². The third-order valence-corrected chi connectivity index (χ3v) is 5.61. The molecule has 0 saturated heterocycles. The number of rotatable bonds is 22. The second-order valence-corrected chi connectivity index (χ2v) is 8.95. The molecule has 0 atom stereocenters. The van der Waals surface area contributed by atoms with Gasteiger partial charge in [0.2, 0.25) is 5.91 Å². The maximum atomic E-state index is 12.6. The molecule has 0 aromatic carbocycles. The van der Waals surface area contributed by atoms with Crippen LogP contribution >= 0.6 is 0 Å². The smallest absolute Gasteiger partial charge is 0.264 e. The summed E-state index contributed by atoms with van der Waals surface area (Å²) in [7, 11) is 1.47. The number of unbranched alkanes of at least 4 members (excludes halogenated alkanes) is 12. The van der Waals surface area contributed by atoms with Crippen molar-refractivity contribution in [3.8, 4) is 0 Å². The van der Waals surface area contributed by atoms with Crippen molar-refractivity contribution in [3.63, 3.8) is 0 Å². The minimum Gasteiger partial charge on any atom is -0.375 e. The van der Waals surface area contributed by atoms with Crippen molar-refractivity contribution in [2.24, 2.45) is 0 Å². The normalized spacial score (nSPS) is 11.7. The van der Waals surface area contributed by atoms with Crippen LogP contribution in [0.2, 0.25) is 0 Å². The number of nitrogens with zero attached hydrogens (tertiary/aromatic N) is 1. The Hall–Kier alpha value is -1.88. The van der Waals surface area contributed by atoms with Crippen LogP contribution in [0.1, 0.15) is 123 Å². The molecule has 0 rings (SSSR count). The van der Waals surface area contributed by atoms with Crippen LogP contribution < -0.4 is 5.43 Å². The predicted molar refractivity (Wildman–Crippen MR) is 144 cm³/mol. The summed E-state index contributed by atoms with van der Waals surface area (Å²) >= 11 is 0. The van der Waals surface area contributed by atoms with Gasteiger partial charge in [0, 0.05) is 19.7 Å². The summed E-state index contributed by atoms with van der Waals surface area (Å²) in [4.78, 5) is 24.5. The minimum absolute atomic E-state index is 0.0602. The van der Waals surface area contributed by atoms with Gasteiger partial charge >= 0.3 is 0 Å². The van der Waals surface area contributed by atoms with E-state index < -0.39 is 0 Å². The molecule has 0 aliphatic carbocycles. The quantitative estimate of drug-likeness (QED) is 0.0985. The van der Waals surface area contributed by atoms with Crippen molar-refractivity contribution in [1.82, 2.24) is 10.4 Å². The monoisotopic (exact) mass is 476 g/mol. The summed E-state index contributed by atoms with van der Waals surface area (Å²) in [5, 5.41) is 1.34. The molecule has 0 heterocycles. The molecule has 0 fully saturated rings. The summed E-state index contributed by atoms with van der Waals surface area (Å²) in [5.74, 6) is -0.385. The van der Waals surface area contributed by atoms with Crippen molar-refractivity contribution < 1.29 is 14.3 Å². The molecule has 5 nitrogen and oxygen atoms in total. The lowest BCUT2D eigenvalue weighted by atomic mass is 10.1. The zero-order valence-electron chi connectivity index (χ0n) is 22.4. The lowest BCUT2D eigenvalue weighted by molar-refractivity contribution is -0.139. The Labute approximate surface area is 210 Å². The van der Waals surface area contributed by atoms with Crippen molar-refractivity contribution in [1.29, 1.82) is 0 Å². The van der Waals surface area contributed by atoms with Crippen LogP contribution in [0.3, 0.4) is 0 Å². The predicted octanol–water partition coefficient (Wildman–Crippen LogP) is 7.79. The molecule has 0 bridgehead atoms. The number of carbonyl (C=O) groups is 2. The molecule has 0 saturated carbocycles. The number of hydrogen-bond acceptors (Lipinski definition) is 3. The Balaban J connectivity index is 4.15. The Kier molecular flexibility index (Phi) is 24.3. The van der Waals surface area contributed by atoms with Crippen molar-refractivity contribution in [2.75, 3.05) is 13.7 Å². The van der Waals surface area contributed by atoms with Crippen LogP contribution in [0, 0.1) is 0 Å². The number of allylic oxidation sites excluding steroid dienone is 5. The number of nitrogens with one attached hydrogen (secondary N) is 1. The van der Waals surface area contributed by atoms with Gasteiger partial charge < -0.3 is 4.74 Å². The van der Waals surface area contributed by atoms with Gasteiger partial charge in [0.25, 0.3) is 5.91 Å². The topological polar surface area (TPSA) is 58.6 Å². The molecular formula is C29H52N2O3. The van der Waals surface area contributed by atoms with E-state index in [2.05, 4.69) is 43.6 Å². The van der Waals surface area contributed by atoms with Crippen molar-refractivity contribution in [2.45, 2.75) is 123 Å². The summed E-state index contributed by atoms with van der Waals surface area (Å²) < 4.78 is 4.87. The van der Waals surface area contributed by atoms with E-state index in [9.17, 15) is 9.59 Å². The largest absolute Gasteiger partial charge is 0.375 e. The van der Waals surface area contributed by atoms with Crippen LogP contribution in [-0.2, 0) is 14.3 Å². The SMILES string of the molecule is CCCCC/C=C\C/C=C\CCCC/C=C\N(NC(=O)COC)C(=O)CCCCCCCCC. The molecule has 5 heteroatoms. The van der Waals surface area contributed by atoms with Gasteiger partial charge in [-0.25, -0.2) is 5.01 Å². The lowest BCUT2D eigenvalue weighted by Gasteiger charge is -2.19. The highest BCUT2D eigenvalue weighted by atomic mass is 16.5. The molecule has 0 aromatic heterocycles. The number of methoxy groups -OCH3 is 1. The fourth-order valence-electron chi connectivity index (χ4n) is 3.56. The summed E-state index contributed by atoms with van der Waals surface area (Å²) in [6, 6.07) is 0. The third-order valence-electron chi connectivity index (χ3n) is 5.61. The van der Waals surface area contributed by atoms with E-state index in [0.29, 0.717) is 6.42 Å². The van der Waals surface area contributed by atoms with Crippen LogP contribution in [0.4, 0.5) is 0 Å². The Morgan fingerprint density at radius 3 is 1.85 bits per heavy atom. The van der Waals surface area contributed by atoms with E-state index in [4.69, 9.17) is 4.74 Å². The van der Waals surface area contributed by atoms with Crippen LogP contribution in [0.25, 0.3) is 0 Å². The number of amides is 2. The minimum atomic E-state index is -0.315. The molecular weight excluding hydrogens is 424 g/mol. The first kappa shape index (κ1) is 32.1. The van der Waals surface area contributed by atoms with Crippen LogP contribution in [-0.4, -0.2) is 30.5 Å². The van der Waals surface area contributed by atoms with Crippen molar-refractivity contribution in [3.05, 3.63) is 36.6 Å². The molecule has 0 unspecified atom stereocenters. The Bertz CT molecular complexity index is 570. The molecule has 0 aromatic rings. The highest BCUT2D eigenvalue weighted by Crippen LogP contribution is 2.10. The second-order valence-electron chi connectivity index (χ2n) is 8.95. The Morgan fingerprint density at radius 1 is 0.706 bits per heavy atom.